The lowest BCUT2D eigenvalue weighted by atomic mass is 10.0. The lowest BCUT2D eigenvalue weighted by Gasteiger charge is -2.14. The van der Waals surface area contributed by atoms with Crippen LogP contribution in [0.3, 0.4) is 0 Å². The molecule has 21 heavy (non-hydrogen) atoms. The second-order valence-corrected chi connectivity index (χ2v) is 5.82. The van der Waals surface area contributed by atoms with E-state index in [1.54, 1.807) is 12.1 Å². The highest BCUT2D eigenvalue weighted by atomic mass is 79.9. The first-order valence-electron chi connectivity index (χ1n) is 6.49. The molecule has 1 aromatic heterocycles. The van der Waals surface area contributed by atoms with Gasteiger partial charge in [-0.1, -0.05) is 17.7 Å². The van der Waals surface area contributed by atoms with E-state index in [9.17, 15) is 4.39 Å². The van der Waals surface area contributed by atoms with Gasteiger partial charge in [0.15, 0.2) is 0 Å². The van der Waals surface area contributed by atoms with Crippen molar-refractivity contribution in [2.75, 3.05) is 0 Å². The van der Waals surface area contributed by atoms with Crippen molar-refractivity contribution >= 4 is 26.9 Å². The van der Waals surface area contributed by atoms with E-state index < -0.39 is 0 Å². The molecule has 0 fully saturated rings. The Labute approximate surface area is 130 Å². The number of halogens is 2. The summed E-state index contributed by atoms with van der Waals surface area (Å²) in [4.78, 5) is 0. The zero-order valence-corrected chi connectivity index (χ0v) is 12.9. The van der Waals surface area contributed by atoms with Gasteiger partial charge in [-0.25, -0.2) is 9.82 Å². The summed E-state index contributed by atoms with van der Waals surface area (Å²) in [5.74, 6) is 6.04. The van der Waals surface area contributed by atoms with E-state index in [-0.39, 0.29) is 11.9 Å². The topological polar surface area (TPSA) is 51.2 Å². The second-order valence-electron chi connectivity index (χ2n) is 4.96. The molecule has 0 saturated heterocycles. The number of hydrogen-bond acceptors (Lipinski definition) is 3. The van der Waals surface area contributed by atoms with Crippen LogP contribution in [0.25, 0.3) is 11.0 Å². The third-order valence-corrected chi connectivity index (χ3v) is 4.03. The van der Waals surface area contributed by atoms with Crippen molar-refractivity contribution in [3.05, 3.63) is 69.6 Å². The fraction of sp³-hybridized carbons (Fsp3) is 0.125. The quantitative estimate of drug-likeness (QED) is 0.551. The standard InChI is InChI=1S/C16H14BrFN2O/c1-9-2-5-14-11(6-9)8-15(21-14)16(20-19)10-3-4-13(18)12(17)7-10/h2-8,16,20H,19H2,1H3. The fourth-order valence-electron chi connectivity index (χ4n) is 2.36. The minimum atomic E-state index is -0.338. The zero-order valence-electron chi connectivity index (χ0n) is 11.4. The van der Waals surface area contributed by atoms with Crippen molar-refractivity contribution in [2.24, 2.45) is 5.84 Å². The summed E-state index contributed by atoms with van der Waals surface area (Å²) in [5.41, 5.74) is 5.51. The zero-order chi connectivity index (χ0) is 15.0. The van der Waals surface area contributed by atoms with Gasteiger partial charge < -0.3 is 4.42 Å². The maximum atomic E-state index is 13.4. The molecule has 0 spiro atoms. The van der Waals surface area contributed by atoms with Crippen LogP contribution in [0.15, 0.2) is 51.4 Å². The summed E-state index contributed by atoms with van der Waals surface area (Å²) in [6, 6.07) is 12.4. The van der Waals surface area contributed by atoms with Crippen molar-refractivity contribution in [1.82, 2.24) is 5.43 Å². The molecule has 1 atom stereocenters. The molecular weight excluding hydrogens is 335 g/mol. The second kappa shape index (κ2) is 5.60. The minimum Gasteiger partial charge on any atom is -0.459 e. The van der Waals surface area contributed by atoms with Crippen molar-refractivity contribution in [2.45, 2.75) is 13.0 Å². The summed E-state index contributed by atoms with van der Waals surface area (Å²) in [6.07, 6.45) is 0. The number of furan rings is 1. The fourth-order valence-corrected chi connectivity index (χ4v) is 2.76. The Kier molecular flexibility index (Phi) is 3.80. The van der Waals surface area contributed by atoms with Crippen LogP contribution in [0.4, 0.5) is 4.39 Å². The number of aryl methyl sites for hydroxylation is 1. The van der Waals surface area contributed by atoms with Crippen LogP contribution in [-0.2, 0) is 0 Å². The molecule has 0 aliphatic rings. The van der Waals surface area contributed by atoms with Gasteiger partial charge in [0.1, 0.15) is 23.2 Å². The van der Waals surface area contributed by atoms with Gasteiger partial charge in [-0.3, -0.25) is 5.84 Å². The molecule has 108 valence electrons. The average molecular weight is 349 g/mol. The molecule has 0 radical (unpaired) electrons. The Balaban J connectivity index is 2.06. The van der Waals surface area contributed by atoms with Gasteiger partial charge in [0.05, 0.1) is 4.47 Å². The highest BCUT2D eigenvalue weighted by molar-refractivity contribution is 9.10. The van der Waals surface area contributed by atoms with E-state index in [1.807, 2.05) is 25.1 Å². The molecule has 5 heteroatoms. The number of hydrogen-bond donors (Lipinski definition) is 2. The Hall–Kier alpha value is -1.69. The van der Waals surface area contributed by atoms with Gasteiger partial charge in [0, 0.05) is 5.39 Å². The van der Waals surface area contributed by atoms with E-state index in [1.165, 1.54) is 6.07 Å². The molecule has 0 saturated carbocycles. The first kappa shape index (κ1) is 14.3. The van der Waals surface area contributed by atoms with E-state index in [0.717, 1.165) is 22.1 Å². The maximum Gasteiger partial charge on any atom is 0.137 e. The number of nitrogens with two attached hydrogens (primary N) is 1. The highest BCUT2D eigenvalue weighted by Gasteiger charge is 2.18. The Morgan fingerprint density at radius 2 is 2.00 bits per heavy atom. The molecule has 2 aromatic carbocycles. The van der Waals surface area contributed by atoms with Crippen LogP contribution in [0.5, 0.6) is 0 Å². The number of benzene rings is 2. The molecule has 0 amide bonds. The van der Waals surface area contributed by atoms with Crippen LogP contribution in [0, 0.1) is 12.7 Å². The highest BCUT2D eigenvalue weighted by Crippen LogP contribution is 2.30. The normalized spacial score (nSPS) is 12.8. The third kappa shape index (κ3) is 2.72. The summed E-state index contributed by atoms with van der Waals surface area (Å²) in [5, 5.41) is 1.02. The van der Waals surface area contributed by atoms with Crippen molar-refractivity contribution < 1.29 is 8.81 Å². The predicted octanol–water partition coefficient (Wildman–Crippen LogP) is 4.20. The van der Waals surface area contributed by atoms with E-state index in [2.05, 4.69) is 27.4 Å². The molecule has 0 aliphatic heterocycles. The molecule has 3 N–H and O–H groups in total. The van der Waals surface area contributed by atoms with Crippen LogP contribution in [0.2, 0.25) is 0 Å². The third-order valence-electron chi connectivity index (χ3n) is 3.42. The number of fused-ring (bicyclic) bond motifs is 1. The largest absolute Gasteiger partial charge is 0.459 e. The van der Waals surface area contributed by atoms with Gasteiger partial charge in [-0.05, 0) is 58.7 Å². The SMILES string of the molecule is Cc1ccc2oc(C(NN)c3ccc(F)c(Br)c3)cc2c1. The number of nitrogens with one attached hydrogen (secondary N) is 1. The van der Waals surface area contributed by atoms with Crippen LogP contribution in [0.1, 0.15) is 22.9 Å². The Morgan fingerprint density at radius 1 is 1.19 bits per heavy atom. The van der Waals surface area contributed by atoms with Gasteiger partial charge >= 0.3 is 0 Å². The monoisotopic (exact) mass is 348 g/mol. The summed E-state index contributed by atoms with van der Waals surface area (Å²) >= 11 is 3.19. The molecule has 0 bridgehead atoms. The Bertz CT molecular complexity index is 800. The van der Waals surface area contributed by atoms with Gasteiger partial charge in [0.25, 0.3) is 0 Å². The van der Waals surface area contributed by atoms with Crippen LogP contribution < -0.4 is 11.3 Å². The van der Waals surface area contributed by atoms with Gasteiger partial charge in [-0.2, -0.15) is 0 Å². The molecule has 3 aromatic rings. The van der Waals surface area contributed by atoms with Crippen molar-refractivity contribution in [1.29, 1.82) is 0 Å². The predicted molar refractivity (Wildman–Crippen MR) is 84.2 cm³/mol. The maximum absolute atomic E-state index is 13.4. The van der Waals surface area contributed by atoms with E-state index in [0.29, 0.717) is 10.2 Å². The van der Waals surface area contributed by atoms with E-state index in [4.69, 9.17) is 10.3 Å². The molecule has 1 heterocycles. The first-order chi connectivity index (χ1) is 10.1. The summed E-state index contributed by atoms with van der Waals surface area (Å²) < 4.78 is 19.6. The van der Waals surface area contributed by atoms with Gasteiger partial charge in [-0.15, -0.1) is 0 Å². The van der Waals surface area contributed by atoms with Gasteiger partial charge in [0.2, 0.25) is 0 Å². The molecule has 3 rings (SSSR count). The molecule has 1 unspecified atom stereocenters. The lowest BCUT2D eigenvalue weighted by Crippen LogP contribution is -2.28. The first-order valence-corrected chi connectivity index (χ1v) is 7.29. The number of rotatable bonds is 3. The average Bonchev–Trinajstić information content (AvgIpc) is 2.86. The Morgan fingerprint density at radius 3 is 2.71 bits per heavy atom. The molecular formula is C16H14BrFN2O. The van der Waals surface area contributed by atoms with E-state index >= 15 is 0 Å². The van der Waals surface area contributed by atoms with Crippen molar-refractivity contribution in [3.8, 4) is 0 Å². The number of hydrazine groups is 1. The lowest BCUT2D eigenvalue weighted by molar-refractivity contribution is 0.476. The van der Waals surface area contributed by atoms with Crippen LogP contribution >= 0.6 is 15.9 Å². The molecule has 3 nitrogen and oxygen atoms in total. The smallest absolute Gasteiger partial charge is 0.137 e. The van der Waals surface area contributed by atoms with Crippen molar-refractivity contribution in [3.63, 3.8) is 0 Å². The summed E-state index contributed by atoms with van der Waals surface area (Å²) in [7, 11) is 0. The summed E-state index contributed by atoms with van der Waals surface area (Å²) in [6.45, 7) is 2.03. The minimum absolute atomic E-state index is 0.310. The van der Waals surface area contributed by atoms with Crippen LogP contribution in [-0.4, -0.2) is 0 Å². The molecule has 0 aliphatic carbocycles.